The van der Waals surface area contributed by atoms with E-state index in [1.54, 1.807) is 56.4 Å². The second-order valence-electron chi connectivity index (χ2n) is 8.88. The summed E-state index contributed by atoms with van der Waals surface area (Å²) in [5.74, 6) is -3.06. The van der Waals surface area contributed by atoms with Crippen molar-refractivity contribution in [1.29, 1.82) is 0 Å². The van der Waals surface area contributed by atoms with Gasteiger partial charge in [0.2, 0.25) is 11.8 Å². The van der Waals surface area contributed by atoms with E-state index in [0.717, 1.165) is 5.39 Å². The number of amides is 2. The summed E-state index contributed by atoms with van der Waals surface area (Å²) in [6.45, 7) is 4.47. The predicted molar refractivity (Wildman–Crippen MR) is 142 cm³/mol. The standard InChI is InChI=1S/C28H29FN4O4S/c1-3-32(4-2)28(35)25(15-20-17-30-33(18-20)19-23-11-7-8-12-26(23)29)27(34)31-38(36,37)24-14-13-21-9-5-6-10-22(21)16-24/h5-14,16-18,25H,3-4,15,19H2,1-2H3,(H,31,34). The molecule has 0 fully saturated rings. The van der Waals surface area contributed by atoms with Crippen LogP contribution in [0.3, 0.4) is 0 Å². The van der Waals surface area contributed by atoms with Crippen LogP contribution in [-0.2, 0) is 32.6 Å². The van der Waals surface area contributed by atoms with Crippen molar-refractivity contribution in [1.82, 2.24) is 19.4 Å². The Balaban J connectivity index is 1.57. The Morgan fingerprint density at radius 3 is 2.39 bits per heavy atom. The van der Waals surface area contributed by atoms with Crippen LogP contribution in [0, 0.1) is 11.7 Å². The van der Waals surface area contributed by atoms with Gasteiger partial charge in [-0.15, -0.1) is 0 Å². The average molecular weight is 537 g/mol. The molecule has 1 N–H and O–H groups in total. The zero-order valence-corrected chi connectivity index (χ0v) is 22.0. The number of sulfonamides is 1. The summed E-state index contributed by atoms with van der Waals surface area (Å²) in [5.41, 5.74) is 0.988. The number of hydrogen-bond acceptors (Lipinski definition) is 5. The molecular formula is C28H29FN4O4S. The molecule has 1 heterocycles. The smallest absolute Gasteiger partial charge is 0.264 e. The molecule has 10 heteroatoms. The molecule has 4 rings (SSSR count). The molecule has 0 aliphatic rings. The average Bonchev–Trinajstić information content (AvgIpc) is 3.35. The Morgan fingerprint density at radius 1 is 1.00 bits per heavy atom. The molecule has 4 aromatic rings. The molecule has 198 valence electrons. The van der Waals surface area contributed by atoms with Gasteiger partial charge in [0.05, 0.1) is 17.6 Å². The number of fused-ring (bicyclic) bond motifs is 1. The first-order valence-corrected chi connectivity index (χ1v) is 13.8. The lowest BCUT2D eigenvalue weighted by Gasteiger charge is -2.24. The van der Waals surface area contributed by atoms with Gasteiger partial charge in [0.15, 0.2) is 0 Å². The Kier molecular flexibility index (Phi) is 8.21. The van der Waals surface area contributed by atoms with Crippen molar-refractivity contribution in [2.75, 3.05) is 13.1 Å². The molecule has 2 amide bonds. The normalized spacial score (nSPS) is 12.3. The minimum Gasteiger partial charge on any atom is -0.343 e. The summed E-state index contributed by atoms with van der Waals surface area (Å²) in [7, 11) is -4.23. The van der Waals surface area contributed by atoms with Crippen LogP contribution in [0.1, 0.15) is 25.0 Å². The summed E-state index contributed by atoms with van der Waals surface area (Å²) < 4.78 is 43.9. The van der Waals surface area contributed by atoms with Crippen LogP contribution in [-0.4, -0.2) is 48.0 Å². The molecule has 0 saturated heterocycles. The molecule has 0 aliphatic heterocycles. The largest absolute Gasteiger partial charge is 0.343 e. The third-order valence-corrected chi connectivity index (χ3v) is 7.72. The van der Waals surface area contributed by atoms with Gasteiger partial charge in [-0.05, 0) is 54.8 Å². The molecule has 0 bridgehead atoms. The van der Waals surface area contributed by atoms with E-state index in [9.17, 15) is 22.4 Å². The predicted octanol–water partition coefficient (Wildman–Crippen LogP) is 3.76. The van der Waals surface area contributed by atoms with E-state index in [0.29, 0.717) is 29.6 Å². The fourth-order valence-corrected chi connectivity index (χ4v) is 5.33. The molecule has 0 saturated carbocycles. The molecule has 8 nitrogen and oxygen atoms in total. The van der Waals surface area contributed by atoms with Crippen LogP contribution >= 0.6 is 0 Å². The van der Waals surface area contributed by atoms with Gasteiger partial charge in [-0.25, -0.2) is 17.5 Å². The summed E-state index contributed by atoms with van der Waals surface area (Å²) in [6, 6.07) is 18.2. The third kappa shape index (κ3) is 6.08. The number of benzene rings is 3. The van der Waals surface area contributed by atoms with E-state index in [-0.39, 0.29) is 23.7 Å². The molecule has 38 heavy (non-hydrogen) atoms. The van der Waals surface area contributed by atoms with Crippen LogP contribution in [0.15, 0.2) is 84.0 Å². The topological polar surface area (TPSA) is 101 Å². The van der Waals surface area contributed by atoms with Crippen molar-refractivity contribution in [2.24, 2.45) is 5.92 Å². The number of halogens is 1. The van der Waals surface area contributed by atoms with Gasteiger partial charge in [-0.1, -0.05) is 48.5 Å². The number of aromatic nitrogens is 2. The number of carbonyl (C=O) groups is 2. The van der Waals surface area contributed by atoms with E-state index in [2.05, 4.69) is 9.82 Å². The highest BCUT2D eigenvalue weighted by molar-refractivity contribution is 7.90. The quantitative estimate of drug-likeness (QED) is 0.311. The highest BCUT2D eigenvalue weighted by atomic mass is 32.2. The summed E-state index contributed by atoms with van der Waals surface area (Å²) >= 11 is 0. The summed E-state index contributed by atoms with van der Waals surface area (Å²) in [4.78, 5) is 28.0. The third-order valence-electron chi connectivity index (χ3n) is 6.37. The second-order valence-corrected chi connectivity index (χ2v) is 10.6. The summed E-state index contributed by atoms with van der Waals surface area (Å²) in [5, 5.41) is 5.81. The van der Waals surface area contributed by atoms with Crippen molar-refractivity contribution in [3.63, 3.8) is 0 Å². The van der Waals surface area contributed by atoms with Gasteiger partial charge in [-0.2, -0.15) is 5.10 Å². The fraction of sp³-hybridized carbons (Fsp3) is 0.250. The van der Waals surface area contributed by atoms with Crippen LogP contribution in [0.4, 0.5) is 4.39 Å². The highest BCUT2D eigenvalue weighted by Gasteiger charge is 2.33. The SMILES string of the molecule is CCN(CC)C(=O)C(Cc1cnn(Cc2ccccc2F)c1)C(=O)NS(=O)(=O)c1ccc2ccccc2c1. The fourth-order valence-electron chi connectivity index (χ4n) is 4.28. The van der Waals surface area contributed by atoms with E-state index < -0.39 is 27.8 Å². The Morgan fingerprint density at radius 2 is 1.68 bits per heavy atom. The molecule has 1 aromatic heterocycles. The van der Waals surface area contributed by atoms with Crippen molar-refractivity contribution in [3.05, 3.63) is 96.1 Å². The first-order chi connectivity index (χ1) is 18.2. The van der Waals surface area contributed by atoms with Crippen molar-refractivity contribution in [3.8, 4) is 0 Å². The molecule has 1 unspecified atom stereocenters. The Labute approximate surface area is 221 Å². The molecule has 3 aromatic carbocycles. The van der Waals surface area contributed by atoms with Gasteiger partial charge in [0.1, 0.15) is 11.7 Å². The molecule has 1 atom stereocenters. The molecular weight excluding hydrogens is 507 g/mol. The zero-order chi connectivity index (χ0) is 27.3. The first kappa shape index (κ1) is 27.0. The number of carbonyl (C=O) groups excluding carboxylic acids is 2. The second kappa shape index (κ2) is 11.6. The Bertz CT molecular complexity index is 1560. The lowest BCUT2D eigenvalue weighted by Crippen LogP contribution is -2.46. The minimum absolute atomic E-state index is 0.0638. The highest BCUT2D eigenvalue weighted by Crippen LogP contribution is 2.20. The van der Waals surface area contributed by atoms with Crippen molar-refractivity contribution >= 4 is 32.6 Å². The van der Waals surface area contributed by atoms with Crippen molar-refractivity contribution < 1.29 is 22.4 Å². The maximum absolute atomic E-state index is 14.1. The number of nitrogens with one attached hydrogen (secondary N) is 1. The maximum atomic E-state index is 14.1. The molecule has 0 radical (unpaired) electrons. The van der Waals surface area contributed by atoms with Gasteiger partial charge in [-0.3, -0.25) is 14.3 Å². The van der Waals surface area contributed by atoms with Crippen LogP contribution in [0.2, 0.25) is 0 Å². The van der Waals surface area contributed by atoms with Crippen molar-refractivity contribution in [2.45, 2.75) is 31.7 Å². The maximum Gasteiger partial charge on any atom is 0.264 e. The lowest BCUT2D eigenvalue weighted by atomic mass is 9.99. The van der Waals surface area contributed by atoms with Gasteiger partial charge < -0.3 is 4.90 Å². The van der Waals surface area contributed by atoms with Gasteiger partial charge >= 0.3 is 0 Å². The molecule has 0 spiro atoms. The van der Waals surface area contributed by atoms with E-state index in [1.807, 2.05) is 12.1 Å². The minimum atomic E-state index is -4.23. The first-order valence-electron chi connectivity index (χ1n) is 12.3. The van der Waals surface area contributed by atoms with Crippen LogP contribution in [0.25, 0.3) is 10.8 Å². The molecule has 0 aliphatic carbocycles. The van der Waals surface area contributed by atoms with E-state index in [4.69, 9.17) is 0 Å². The van der Waals surface area contributed by atoms with E-state index >= 15 is 0 Å². The van der Waals surface area contributed by atoms with Crippen LogP contribution < -0.4 is 4.72 Å². The summed E-state index contributed by atoms with van der Waals surface area (Å²) in [6.07, 6.45) is 3.06. The Hall–Kier alpha value is -4.05. The lowest BCUT2D eigenvalue weighted by molar-refractivity contribution is -0.141. The van der Waals surface area contributed by atoms with Gasteiger partial charge in [0.25, 0.3) is 10.0 Å². The monoisotopic (exact) mass is 536 g/mol. The zero-order valence-electron chi connectivity index (χ0n) is 21.2. The van der Waals surface area contributed by atoms with E-state index in [1.165, 1.54) is 34.0 Å². The number of rotatable bonds is 10. The number of nitrogens with zero attached hydrogens (tertiary/aromatic N) is 3. The van der Waals surface area contributed by atoms with Gasteiger partial charge in [0, 0.05) is 24.8 Å². The number of hydrogen-bond donors (Lipinski definition) is 1. The van der Waals surface area contributed by atoms with Crippen LogP contribution in [0.5, 0.6) is 0 Å².